The molecule has 0 aliphatic rings. The third-order valence-electron chi connectivity index (χ3n) is 3.67. The zero-order chi connectivity index (χ0) is 13.5. The van der Waals surface area contributed by atoms with Gasteiger partial charge in [0.05, 0.1) is 5.52 Å². The van der Waals surface area contributed by atoms with E-state index in [-0.39, 0.29) is 0 Å². The minimum atomic E-state index is 0.660. The van der Waals surface area contributed by atoms with E-state index < -0.39 is 0 Å². The highest BCUT2D eigenvalue weighted by molar-refractivity contribution is 5.81. The van der Waals surface area contributed by atoms with Crippen LogP contribution in [-0.2, 0) is 6.42 Å². The molecule has 1 heterocycles. The second kappa shape index (κ2) is 7.25. The quantitative estimate of drug-likeness (QED) is 0.811. The van der Waals surface area contributed by atoms with Gasteiger partial charge in [-0.3, -0.25) is 4.98 Å². The number of para-hydroxylation sites is 1. The zero-order valence-electron chi connectivity index (χ0n) is 12.0. The van der Waals surface area contributed by atoms with Gasteiger partial charge in [-0.25, -0.2) is 0 Å². The maximum absolute atomic E-state index is 4.51. The lowest BCUT2D eigenvalue weighted by Gasteiger charge is -2.16. The Morgan fingerprint density at radius 2 is 2.00 bits per heavy atom. The maximum Gasteiger partial charge on any atom is 0.0734 e. The fourth-order valence-corrected chi connectivity index (χ4v) is 2.58. The van der Waals surface area contributed by atoms with Crippen LogP contribution in [0.25, 0.3) is 10.9 Å². The molecule has 1 unspecified atom stereocenters. The van der Waals surface area contributed by atoms with Crippen LogP contribution in [0.4, 0.5) is 0 Å². The Labute approximate surface area is 116 Å². The van der Waals surface area contributed by atoms with Crippen molar-refractivity contribution in [1.29, 1.82) is 0 Å². The largest absolute Gasteiger partial charge is 0.314 e. The molecule has 1 aromatic heterocycles. The van der Waals surface area contributed by atoms with Crippen molar-refractivity contribution in [1.82, 2.24) is 10.3 Å². The van der Waals surface area contributed by atoms with Crippen LogP contribution < -0.4 is 5.32 Å². The number of hydrogen-bond acceptors (Lipinski definition) is 2. The summed E-state index contributed by atoms with van der Waals surface area (Å²) < 4.78 is 0. The van der Waals surface area contributed by atoms with Crippen LogP contribution in [0.1, 0.15) is 38.7 Å². The maximum atomic E-state index is 4.51. The van der Waals surface area contributed by atoms with Gasteiger partial charge in [0, 0.05) is 17.6 Å². The fourth-order valence-electron chi connectivity index (χ4n) is 2.58. The van der Waals surface area contributed by atoms with Gasteiger partial charge in [0.2, 0.25) is 0 Å². The minimum Gasteiger partial charge on any atom is -0.314 e. The predicted octanol–water partition coefficient (Wildman–Crippen LogP) is 3.95. The first-order chi connectivity index (χ1) is 9.35. The average molecular weight is 256 g/mol. The number of benzene rings is 1. The Hall–Kier alpha value is -1.41. The van der Waals surface area contributed by atoms with Gasteiger partial charge >= 0.3 is 0 Å². The van der Waals surface area contributed by atoms with Crippen molar-refractivity contribution < 1.29 is 0 Å². The highest BCUT2D eigenvalue weighted by atomic mass is 14.9. The van der Waals surface area contributed by atoms with Gasteiger partial charge in [0.1, 0.15) is 0 Å². The van der Waals surface area contributed by atoms with E-state index in [9.17, 15) is 0 Å². The molecule has 0 saturated carbocycles. The molecule has 0 amide bonds. The summed E-state index contributed by atoms with van der Waals surface area (Å²) >= 11 is 0. The Kier molecular flexibility index (Phi) is 5.34. The summed E-state index contributed by atoms with van der Waals surface area (Å²) in [5, 5.41) is 4.89. The van der Waals surface area contributed by atoms with Crippen LogP contribution >= 0.6 is 0 Å². The van der Waals surface area contributed by atoms with E-state index in [1.807, 2.05) is 12.3 Å². The van der Waals surface area contributed by atoms with Crippen molar-refractivity contribution in [3.8, 4) is 0 Å². The summed E-state index contributed by atoms with van der Waals surface area (Å²) in [5.74, 6) is 0. The summed E-state index contributed by atoms with van der Waals surface area (Å²) in [6.07, 6.45) is 6.66. The molecule has 0 radical (unpaired) electrons. The lowest BCUT2D eigenvalue weighted by molar-refractivity contribution is 0.467. The zero-order valence-corrected chi connectivity index (χ0v) is 12.0. The van der Waals surface area contributed by atoms with Gasteiger partial charge in [-0.15, -0.1) is 0 Å². The summed E-state index contributed by atoms with van der Waals surface area (Å²) in [6.45, 7) is 5.54. The third kappa shape index (κ3) is 3.77. The number of pyridine rings is 1. The van der Waals surface area contributed by atoms with E-state index in [0.29, 0.717) is 6.04 Å². The Balaban J connectivity index is 1.98. The molecule has 0 aliphatic carbocycles. The lowest BCUT2D eigenvalue weighted by Crippen LogP contribution is -2.30. The number of hydrogen-bond donors (Lipinski definition) is 1. The normalized spacial score (nSPS) is 12.7. The molecule has 1 atom stereocenters. The van der Waals surface area contributed by atoms with Gasteiger partial charge in [-0.1, -0.05) is 44.5 Å². The first kappa shape index (κ1) is 14.0. The first-order valence-corrected chi connectivity index (χ1v) is 7.41. The summed E-state index contributed by atoms with van der Waals surface area (Å²) in [6, 6.07) is 11.2. The van der Waals surface area contributed by atoms with Crippen LogP contribution in [0.15, 0.2) is 36.5 Å². The summed E-state index contributed by atoms with van der Waals surface area (Å²) in [5.41, 5.74) is 2.49. The standard InChI is InChI=1S/C17H24N2/c1-3-7-16(4-2)18-13-11-15-9-5-8-14-10-6-12-19-17(14)15/h5-6,8-10,12,16,18H,3-4,7,11,13H2,1-2H3. The lowest BCUT2D eigenvalue weighted by atomic mass is 10.1. The summed E-state index contributed by atoms with van der Waals surface area (Å²) in [7, 11) is 0. The molecular formula is C17H24N2. The molecule has 0 spiro atoms. The first-order valence-electron chi connectivity index (χ1n) is 7.41. The van der Waals surface area contributed by atoms with Crippen molar-refractivity contribution in [3.63, 3.8) is 0 Å². The van der Waals surface area contributed by atoms with Crippen molar-refractivity contribution in [2.45, 2.75) is 45.6 Å². The number of nitrogens with one attached hydrogen (secondary N) is 1. The molecular weight excluding hydrogens is 232 g/mol. The second-order valence-corrected chi connectivity index (χ2v) is 5.09. The number of rotatable bonds is 7. The Morgan fingerprint density at radius 3 is 2.79 bits per heavy atom. The molecule has 0 bridgehead atoms. The molecule has 2 rings (SSSR count). The van der Waals surface area contributed by atoms with E-state index in [1.165, 1.54) is 30.2 Å². The molecule has 1 aromatic carbocycles. The predicted molar refractivity (Wildman–Crippen MR) is 82.4 cm³/mol. The number of fused-ring (bicyclic) bond motifs is 1. The Morgan fingerprint density at radius 1 is 1.16 bits per heavy atom. The van der Waals surface area contributed by atoms with Crippen LogP contribution in [0, 0.1) is 0 Å². The smallest absolute Gasteiger partial charge is 0.0734 e. The minimum absolute atomic E-state index is 0.660. The van der Waals surface area contributed by atoms with Crippen molar-refractivity contribution in [2.24, 2.45) is 0 Å². The molecule has 19 heavy (non-hydrogen) atoms. The molecule has 2 heteroatoms. The van der Waals surface area contributed by atoms with E-state index in [0.717, 1.165) is 18.5 Å². The highest BCUT2D eigenvalue weighted by Gasteiger charge is 2.05. The van der Waals surface area contributed by atoms with Gasteiger partial charge < -0.3 is 5.32 Å². The topological polar surface area (TPSA) is 24.9 Å². The van der Waals surface area contributed by atoms with Crippen molar-refractivity contribution in [3.05, 3.63) is 42.1 Å². The number of nitrogens with zero attached hydrogens (tertiary/aromatic N) is 1. The third-order valence-corrected chi connectivity index (χ3v) is 3.67. The van der Waals surface area contributed by atoms with E-state index in [4.69, 9.17) is 0 Å². The average Bonchev–Trinajstić information content (AvgIpc) is 2.46. The van der Waals surface area contributed by atoms with Gasteiger partial charge in [-0.05, 0) is 37.4 Å². The van der Waals surface area contributed by atoms with Crippen LogP contribution in [0.5, 0.6) is 0 Å². The monoisotopic (exact) mass is 256 g/mol. The highest BCUT2D eigenvalue weighted by Crippen LogP contribution is 2.16. The van der Waals surface area contributed by atoms with Crippen LogP contribution in [0.2, 0.25) is 0 Å². The second-order valence-electron chi connectivity index (χ2n) is 5.09. The summed E-state index contributed by atoms with van der Waals surface area (Å²) in [4.78, 5) is 4.51. The molecule has 1 N–H and O–H groups in total. The molecule has 0 aliphatic heterocycles. The van der Waals surface area contributed by atoms with Crippen LogP contribution in [0.3, 0.4) is 0 Å². The van der Waals surface area contributed by atoms with E-state index in [1.54, 1.807) is 0 Å². The van der Waals surface area contributed by atoms with Gasteiger partial charge in [0.25, 0.3) is 0 Å². The molecule has 0 saturated heterocycles. The van der Waals surface area contributed by atoms with Crippen molar-refractivity contribution in [2.75, 3.05) is 6.54 Å². The van der Waals surface area contributed by atoms with E-state index in [2.05, 4.69) is 48.4 Å². The van der Waals surface area contributed by atoms with E-state index >= 15 is 0 Å². The molecule has 2 nitrogen and oxygen atoms in total. The Bertz CT molecular complexity index is 502. The SMILES string of the molecule is CCCC(CC)NCCc1cccc2cccnc12. The molecule has 2 aromatic rings. The molecule has 0 fully saturated rings. The number of aromatic nitrogens is 1. The molecule has 102 valence electrons. The fraction of sp³-hybridized carbons (Fsp3) is 0.471. The van der Waals surface area contributed by atoms with Crippen molar-refractivity contribution >= 4 is 10.9 Å². The van der Waals surface area contributed by atoms with Crippen LogP contribution in [-0.4, -0.2) is 17.6 Å². The van der Waals surface area contributed by atoms with Gasteiger partial charge in [-0.2, -0.15) is 0 Å². The van der Waals surface area contributed by atoms with Gasteiger partial charge in [0.15, 0.2) is 0 Å².